The van der Waals surface area contributed by atoms with Crippen LogP contribution in [0.1, 0.15) is 32.8 Å². The number of hydrogen-bond acceptors (Lipinski definition) is 2. The van der Waals surface area contributed by atoms with Gasteiger partial charge in [0.15, 0.2) is 0 Å². The van der Waals surface area contributed by atoms with E-state index in [1.165, 1.54) is 0 Å². The molecule has 1 aromatic carbocycles. The molecule has 0 spiro atoms. The van der Waals surface area contributed by atoms with Crippen LogP contribution in [0.3, 0.4) is 0 Å². The fourth-order valence-electron chi connectivity index (χ4n) is 1.88. The lowest BCUT2D eigenvalue weighted by atomic mass is 9.84. The third-order valence-electron chi connectivity index (χ3n) is 3.46. The van der Waals surface area contributed by atoms with Gasteiger partial charge in [0.25, 0.3) is 0 Å². The minimum Gasteiger partial charge on any atom is -0.207 e. The SMILES string of the molecule is C=CC(C)(C)C(CC)NS(=O)(=O)c1ccc(C)cc1. The number of aryl methyl sites for hydroxylation is 1. The standard InChI is InChI=1S/C15H23NO2S/c1-6-14(15(4,5)7-2)16-19(17,18)13-10-8-12(3)9-11-13/h7-11,14,16H,2,6H2,1,3-5H3. The minimum absolute atomic E-state index is 0.170. The Morgan fingerprint density at radius 1 is 1.32 bits per heavy atom. The van der Waals surface area contributed by atoms with E-state index in [1.807, 2.05) is 27.7 Å². The average molecular weight is 281 g/mol. The maximum absolute atomic E-state index is 12.3. The molecule has 1 unspecified atom stereocenters. The molecule has 0 heterocycles. The largest absolute Gasteiger partial charge is 0.240 e. The molecule has 0 radical (unpaired) electrons. The Morgan fingerprint density at radius 3 is 2.26 bits per heavy atom. The minimum atomic E-state index is -3.48. The predicted molar refractivity (Wildman–Crippen MR) is 79.6 cm³/mol. The molecular formula is C15H23NO2S. The third-order valence-corrected chi connectivity index (χ3v) is 4.95. The van der Waals surface area contributed by atoms with Gasteiger partial charge in [0.2, 0.25) is 10.0 Å². The molecule has 0 saturated heterocycles. The molecule has 1 N–H and O–H groups in total. The van der Waals surface area contributed by atoms with Crippen molar-refractivity contribution in [3.63, 3.8) is 0 Å². The summed E-state index contributed by atoms with van der Waals surface area (Å²) in [4.78, 5) is 0.302. The highest BCUT2D eigenvalue weighted by molar-refractivity contribution is 7.89. The molecule has 1 atom stereocenters. The highest BCUT2D eigenvalue weighted by Gasteiger charge is 2.29. The average Bonchev–Trinajstić information content (AvgIpc) is 2.36. The quantitative estimate of drug-likeness (QED) is 0.813. The molecule has 0 fully saturated rings. The van der Waals surface area contributed by atoms with Gasteiger partial charge in [-0.2, -0.15) is 0 Å². The second kappa shape index (κ2) is 5.88. The van der Waals surface area contributed by atoms with E-state index >= 15 is 0 Å². The fraction of sp³-hybridized carbons (Fsp3) is 0.467. The normalized spacial score (nSPS) is 14.1. The first-order chi connectivity index (χ1) is 8.73. The second-order valence-electron chi connectivity index (χ2n) is 5.42. The van der Waals surface area contributed by atoms with Gasteiger partial charge in [-0.05, 0) is 30.9 Å². The molecule has 0 aromatic heterocycles. The van der Waals surface area contributed by atoms with Crippen LogP contribution in [-0.4, -0.2) is 14.5 Å². The van der Waals surface area contributed by atoms with Crippen LogP contribution in [0.15, 0.2) is 41.8 Å². The van der Waals surface area contributed by atoms with Gasteiger partial charge in [0, 0.05) is 6.04 Å². The summed E-state index contributed by atoms with van der Waals surface area (Å²) in [6, 6.07) is 6.69. The van der Waals surface area contributed by atoms with Crippen LogP contribution in [0.5, 0.6) is 0 Å². The van der Waals surface area contributed by atoms with Gasteiger partial charge in [-0.25, -0.2) is 13.1 Å². The number of nitrogens with one attached hydrogen (secondary N) is 1. The Kier molecular flexibility index (Phi) is 4.93. The van der Waals surface area contributed by atoms with Crippen molar-refractivity contribution in [2.24, 2.45) is 5.41 Å². The predicted octanol–water partition coefficient (Wildman–Crippen LogP) is 3.26. The van der Waals surface area contributed by atoms with Crippen molar-refractivity contribution >= 4 is 10.0 Å². The van der Waals surface area contributed by atoms with E-state index in [1.54, 1.807) is 30.3 Å². The smallest absolute Gasteiger partial charge is 0.207 e. The molecule has 0 amide bonds. The third kappa shape index (κ3) is 3.91. The van der Waals surface area contributed by atoms with Crippen LogP contribution in [0.2, 0.25) is 0 Å². The Hall–Kier alpha value is -1.13. The number of hydrogen-bond donors (Lipinski definition) is 1. The van der Waals surface area contributed by atoms with Crippen LogP contribution in [0.4, 0.5) is 0 Å². The number of rotatable bonds is 6. The number of sulfonamides is 1. The van der Waals surface area contributed by atoms with Crippen molar-refractivity contribution < 1.29 is 8.42 Å². The van der Waals surface area contributed by atoms with Crippen LogP contribution in [0.25, 0.3) is 0 Å². The summed E-state index contributed by atoms with van der Waals surface area (Å²) in [6.07, 6.45) is 2.50. The van der Waals surface area contributed by atoms with E-state index in [-0.39, 0.29) is 11.5 Å². The van der Waals surface area contributed by atoms with Crippen LogP contribution < -0.4 is 4.72 Å². The van der Waals surface area contributed by atoms with Gasteiger partial charge in [-0.1, -0.05) is 44.5 Å². The first-order valence-electron chi connectivity index (χ1n) is 6.45. The molecule has 3 nitrogen and oxygen atoms in total. The Morgan fingerprint density at radius 2 is 1.84 bits per heavy atom. The summed E-state index contributed by atoms with van der Waals surface area (Å²) in [5, 5.41) is 0. The lowest BCUT2D eigenvalue weighted by Crippen LogP contribution is -2.43. The number of benzene rings is 1. The molecule has 0 aliphatic rings. The van der Waals surface area contributed by atoms with Crippen molar-refractivity contribution in [2.45, 2.75) is 45.1 Å². The van der Waals surface area contributed by atoms with Gasteiger partial charge >= 0.3 is 0 Å². The zero-order valence-corrected chi connectivity index (χ0v) is 12.9. The van der Waals surface area contributed by atoms with Crippen molar-refractivity contribution in [1.82, 2.24) is 4.72 Å². The topological polar surface area (TPSA) is 46.2 Å². The molecule has 1 rings (SSSR count). The molecular weight excluding hydrogens is 258 g/mol. The van der Waals surface area contributed by atoms with Crippen LogP contribution in [0, 0.1) is 12.3 Å². The van der Waals surface area contributed by atoms with Gasteiger partial charge in [0.1, 0.15) is 0 Å². The maximum atomic E-state index is 12.3. The summed E-state index contributed by atoms with van der Waals surface area (Å²) >= 11 is 0. The highest BCUT2D eigenvalue weighted by atomic mass is 32.2. The van der Waals surface area contributed by atoms with E-state index in [4.69, 9.17) is 0 Å². The zero-order chi connectivity index (χ0) is 14.7. The van der Waals surface area contributed by atoms with Crippen LogP contribution in [-0.2, 0) is 10.0 Å². The lowest BCUT2D eigenvalue weighted by Gasteiger charge is -2.31. The summed E-state index contributed by atoms with van der Waals surface area (Å²) in [5.41, 5.74) is 0.754. The summed E-state index contributed by atoms with van der Waals surface area (Å²) < 4.78 is 27.4. The van der Waals surface area contributed by atoms with Gasteiger partial charge in [0.05, 0.1) is 4.90 Å². The van der Waals surface area contributed by atoms with Gasteiger partial charge in [-0.3, -0.25) is 0 Å². The molecule has 19 heavy (non-hydrogen) atoms. The van der Waals surface area contributed by atoms with Crippen molar-refractivity contribution in [2.75, 3.05) is 0 Å². The maximum Gasteiger partial charge on any atom is 0.240 e. The Balaban J connectivity index is 3.02. The molecule has 0 saturated carbocycles. The van der Waals surface area contributed by atoms with E-state index in [0.29, 0.717) is 11.3 Å². The monoisotopic (exact) mass is 281 g/mol. The molecule has 0 bridgehead atoms. The zero-order valence-electron chi connectivity index (χ0n) is 12.1. The Bertz CT molecular complexity index is 530. The fourth-order valence-corrected chi connectivity index (χ4v) is 3.35. The first kappa shape index (κ1) is 15.9. The molecule has 4 heteroatoms. The second-order valence-corrected chi connectivity index (χ2v) is 7.13. The molecule has 106 valence electrons. The van der Waals surface area contributed by atoms with Gasteiger partial charge in [-0.15, -0.1) is 6.58 Å². The Labute approximate surface area is 116 Å². The summed E-state index contributed by atoms with van der Waals surface area (Å²) in [7, 11) is -3.48. The van der Waals surface area contributed by atoms with Crippen molar-refractivity contribution in [3.8, 4) is 0 Å². The molecule has 0 aliphatic carbocycles. The molecule has 0 aliphatic heterocycles. The van der Waals surface area contributed by atoms with Crippen molar-refractivity contribution in [3.05, 3.63) is 42.5 Å². The van der Waals surface area contributed by atoms with E-state index in [0.717, 1.165) is 5.56 Å². The molecule has 1 aromatic rings. The van der Waals surface area contributed by atoms with Gasteiger partial charge < -0.3 is 0 Å². The summed E-state index contributed by atoms with van der Waals surface area (Å²) in [5.74, 6) is 0. The summed E-state index contributed by atoms with van der Waals surface area (Å²) in [6.45, 7) is 11.6. The van der Waals surface area contributed by atoms with E-state index < -0.39 is 10.0 Å². The lowest BCUT2D eigenvalue weighted by molar-refractivity contribution is 0.337. The van der Waals surface area contributed by atoms with Crippen molar-refractivity contribution in [1.29, 1.82) is 0 Å². The van der Waals surface area contributed by atoms with E-state index in [2.05, 4.69) is 11.3 Å². The van der Waals surface area contributed by atoms with Crippen LogP contribution >= 0.6 is 0 Å². The first-order valence-corrected chi connectivity index (χ1v) is 7.94. The highest BCUT2D eigenvalue weighted by Crippen LogP contribution is 2.25. The van der Waals surface area contributed by atoms with E-state index in [9.17, 15) is 8.42 Å².